The lowest BCUT2D eigenvalue weighted by molar-refractivity contribution is 1.04. The van der Waals surface area contributed by atoms with Gasteiger partial charge in [-0.05, 0) is 30.1 Å². The lowest BCUT2D eigenvalue weighted by Crippen LogP contribution is -1.81. The summed E-state index contributed by atoms with van der Waals surface area (Å²) in [5.74, 6) is 0. The zero-order valence-corrected chi connectivity index (χ0v) is 9.06. The Morgan fingerprint density at radius 2 is 2.15 bits per heavy atom. The molecule has 1 aromatic rings. The number of rotatable bonds is 0. The molecule has 3 heteroatoms. The first-order valence-corrected chi connectivity index (χ1v) is 5.29. The van der Waals surface area contributed by atoms with Gasteiger partial charge in [0.15, 0.2) is 0 Å². The summed E-state index contributed by atoms with van der Waals surface area (Å²) in [5, 5.41) is 4.02. The van der Waals surface area contributed by atoms with Crippen LogP contribution in [0.15, 0.2) is 17.7 Å². The molecule has 1 heterocycles. The van der Waals surface area contributed by atoms with Crippen molar-refractivity contribution in [3.05, 3.63) is 28.3 Å². The van der Waals surface area contributed by atoms with Crippen LogP contribution in [-0.4, -0.2) is 9.59 Å². The normalized spacial score (nSPS) is 13.6. The lowest BCUT2D eigenvalue weighted by Gasteiger charge is -1.86. The highest BCUT2D eigenvalue weighted by Crippen LogP contribution is 2.19. The number of nitrogens with zero attached hydrogens (tertiary/aromatic N) is 2. The SMILES string of the molecule is CC.CC1=Cc2snnc2CC=C1. The van der Waals surface area contributed by atoms with Crippen LogP contribution in [-0.2, 0) is 6.42 Å². The first-order valence-electron chi connectivity index (χ1n) is 4.52. The number of hydrogen-bond donors (Lipinski definition) is 0. The van der Waals surface area contributed by atoms with E-state index in [1.807, 2.05) is 13.8 Å². The molecule has 0 amide bonds. The lowest BCUT2D eigenvalue weighted by atomic mass is 10.3. The second-order valence-electron chi connectivity index (χ2n) is 2.58. The monoisotopic (exact) mass is 194 g/mol. The fourth-order valence-corrected chi connectivity index (χ4v) is 1.77. The number of allylic oxidation sites excluding steroid dienone is 3. The molecule has 2 nitrogen and oxygen atoms in total. The average Bonchev–Trinajstić information content (AvgIpc) is 2.50. The largest absolute Gasteiger partial charge is 0.142 e. The molecule has 13 heavy (non-hydrogen) atoms. The standard InChI is InChI=1S/C8H8N2S.C2H6/c1-6-3-2-4-7-8(5-6)11-10-9-7;1-2/h2-3,5H,4H2,1H3;1-2H3. The average molecular weight is 194 g/mol. The van der Waals surface area contributed by atoms with E-state index < -0.39 is 0 Å². The topological polar surface area (TPSA) is 25.8 Å². The molecule has 0 spiro atoms. The second-order valence-corrected chi connectivity index (χ2v) is 3.36. The van der Waals surface area contributed by atoms with Crippen LogP contribution < -0.4 is 0 Å². The first-order chi connectivity index (χ1) is 6.36. The highest BCUT2D eigenvalue weighted by atomic mass is 32.1. The minimum absolute atomic E-state index is 0.916. The summed E-state index contributed by atoms with van der Waals surface area (Å²) in [6.07, 6.45) is 7.29. The maximum atomic E-state index is 4.02. The van der Waals surface area contributed by atoms with E-state index in [1.54, 1.807) is 0 Å². The van der Waals surface area contributed by atoms with Crippen LogP contribution in [0, 0.1) is 0 Å². The zero-order chi connectivity index (χ0) is 9.68. The van der Waals surface area contributed by atoms with Gasteiger partial charge in [0.2, 0.25) is 0 Å². The van der Waals surface area contributed by atoms with Gasteiger partial charge in [0.05, 0.1) is 10.6 Å². The molecule has 1 aromatic heterocycles. The van der Waals surface area contributed by atoms with Crippen molar-refractivity contribution in [1.82, 2.24) is 9.59 Å². The number of fused-ring (bicyclic) bond motifs is 1. The molecule has 0 aliphatic heterocycles. The molecule has 0 saturated heterocycles. The Hall–Kier alpha value is -0.960. The van der Waals surface area contributed by atoms with Crippen LogP contribution >= 0.6 is 11.5 Å². The summed E-state index contributed by atoms with van der Waals surface area (Å²) < 4.78 is 3.89. The maximum Gasteiger partial charge on any atom is 0.0866 e. The van der Waals surface area contributed by atoms with E-state index >= 15 is 0 Å². The molecule has 0 bridgehead atoms. The van der Waals surface area contributed by atoms with E-state index in [0.717, 1.165) is 12.1 Å². The molecule has 1 aliphatic carbocycles. The minimum atomic E-state index is 0.916. The van der Waals surface area contributed by atoms with E-state index in [1.165, 1.54) is 22.0 Å². The number of aromatic nitrogens is 2. The van der Waals surface area contributed by atoms with Crippen molar-refractivity contribution in [1.29, 1.82) is 0 Å². The van der Waals surface area contributed by atoms with E-state index in [0.29, 0.717) is 0 Å². The van der Waals surface area contributed by atoms with Gasteiger partial charge in [0, 0.05) is 6.42 Å². The van der Waals surface area contributed by atoms with Crippen LogP contribution in [0.25, 0.3) is 6.08 Å². The van der Waals surface area contributed by atoms with Crippen molar-refractivity contribution < 1.29 is 0 Å². The van der Waals surface area contributed by atoms with Gasteiger partial charge in [-0.25, -0.2) is 0 Å². The molecule has 0 unspecified atom stereocenters. The van der Waals surface area contributed by atoms with Crippen molar-refractivity contribution in [2.75, 3.05) is 0 Å². The van der Waals surface area contributed by atoms with Crippen molar-refractivity contribution in [3.8, 4) is 0 Å². The molecule has 0 atom stereocenters. The Labute approximate surface area is 83.2 Å². The molecule has 0 N–H and O–H groups in total. The van der Waals surface area contributed by atoms with E-state index in [4.69, 9.17) is 0 Å². The molecular weight excluding hydrogens is 180 g/mol. The summed E-state index contributed by atoms with van der Waals surface area (Å²) in [6, 6.07) is 0. The summed E-state index contributed by atoms with van der Waals surface area (Å²) in [7, 11) is 0. The predicted octanol–water partition coefficient (Wildman–Crippen LogP) is 3.08. The van der Waals surface area contributed by atoms with Gasteiger partial charge in [-0.1, -0.05) is 30.5 Å². The van der Waals surface area contributed by atoms with Gasteiger partial charge < -0.3 is 0 Å². The maximum absolute atomic E-state index is 4.02. The quantitative estimate of drug-likeness (QED) is 0.634. The Morgan fingerprint density at radius 3 is 2.92 bits per heavy atom. The molecule has 0 saturated carbocycles. The third-order valence-electron chi connectivity index (χ3n) is 1.64. The summed E-state index contributed by atoms with van der Waals surface area (Å²) in [6.45, 7) is 6.09. The Kier molecular flexibility index (Phi) is 3.83. The Balaban J connectivity index is 0.000000396. The molecule has 0 radical (unpaired) electrons. The summed E-state index contributed by atoms with van der Waals surface area (Å²) >= 11 is 1.46. The van der Waals surface area contributed by atoms with Crippen LogP contribution in [0.5, 0.6) is 0 Å². The molecule has 2 rings (SSSR count). The molecule has 1 aliphatic rings. The van der Waals surface area contributed by atoms with Crippen LogP contribution in [0.4, 0.5) is 0 Å². The summed E-state index contributed by atoms with van der Waals surface area (Å²) in [4.78, 5) is 1.20. The number of hydrogen-bond acceptors (Lipinski definition) is 3. The highest BCUT2D eigenvalue weighted by Gasteiger charge is 2.05. The smallest absolute Gasteiger partial charge is 0.0866 e. The third-order valence-corrected chi connectivity index (χ3v) is 2.35. The van der Waals surface area contributed by atoms with Gasteiger partial charge in [0.1, 0.15) is 0 Å². The second kappa shape index (κ2) is 4.92. The van der Waals surface area contributed by atoms with Crippen molar-refractivity contribution >= 4 is 17.6 Å². The van der Waals surface area contributed by atoms with Gasteiger partial charge in [0.25, 0.3) is 0 Å². The fraction of sp³-hybridized carbons (Fsp3) is 0.400. The van der Waals surface area contributed by atoms with Crippen molar-refractivity contribution in [3.63, 3.8) is 0 Å². The third kappa shape index (κ3) is 2.49. The van der Waals surface area contributed by atoms with Gasteiger partial charge in [-0.15, -0.1) is 5.10 Å². The van der Waals surface area contributed by atoms with E-state index in [-0.39, 0.29) is 0 Å². The predicted molar refractivity (Wildman–Crippen MR) is 57.8 cm³/mol. The summed E-state index contributed by atoms with van der Waals surface area (Å²) in [5.41, 5.74) is 2.37. The molecule has 70 valence electrons. The van der Waals surface area contributed by atoms with Gasteiger partial charge >= 0.3 is 0 Å². The molecule has 0 fully saturated rings. The Bertz CT molecular complexity index is 323. The fourth-order valence-electron chi connectivity index (χ4n) is 1.08. The highest BCUT2D eigenvalue weighted by molar-refractivity contribution is 7.06. The van der Waals surface area contributed by atoms with Gasteiger partial charge in [-0.3, -0.25) is 0 Å². The zero-order valence-electron chi connectivity index (χ0n) is 8.24. The van der Waals surface area contributed by atoms with Crippen LogP contribution in [0.3, 0.4) is 0 Å². The molecule has 0 aromatic carbocycles. The van der Waals surface area contributed by atoms with E-state index in [9.17, 15) is 0 Å². The van der Waals surface area contributed by atoms with Crippen LogP contribution in [0.1, 0.15) is 31.3 Å². The van der Waals surface area contributed by atoms with Crippen molar-refractivity contribution in [2.24, 2.45) is 0 Å². The van der Waals surface area contributed by atoms with Crippen LogP contribution in [0.2, 0.25) is 0 Å². The van der Waals surface area contributed by atoms with Gasteiger partial charge in [-0.2, -0.15) is 0 Å². The molecular formula is C10H14N2S. The minimum Gasteiger partial charge on any atom is -0.142 e. The van der Waals surface area contributed by atoms with E-state index in [2.05, 4.69) is 34.7 Å². The first kappa shape index (κ1) is 10.1. The van der Waals surface area contributed by atoms with Crippen molar-refractivity contribution in [2.45, 2.75) is 27.2 Å². The Morgan fingerprint density at radius 1 is 1.38 bits per heavy atom.